The van der Waals surface area contributed by atoms with Crippen molar-refractivity contribution in [2.24, 2.45) is 0 Å². The van der Waals surface area contributed by atoms with Crippen LogP contribution in [0.15, 0.2) is 47.8 Å². The SMILES string of the molecule is SSc1ncccc1-c1ccccn1. The van der Waals surface area contributed by atoms with Crippen LogP contribution in [0.1, 0.15) is 0 Å². The minimum Gasteiger partial charge on any atom is -0.256 e. The Balaban J connectivity index is 2.51. The van der Waals surface area contributed by atoms with Gasteiger partial charge in [0, 0.05) is 18.0 Å². The van der Waals surface area contributed by atoms with Crippen molar-refractivity contribution in [1.29, 1.82) is 0 Å². The zero-order valence-corrected chi connectivity index (χ0v) is 9.00. The minimum absolute atomic E-state index is 0.884. The lowest BCUT2D eigenvalue weighted by Gasteiger charge is -2.03. The van der Waals surface area contributed by atoms with Gasteiger partial charge in [-0.1, -0.05) is 6.07 Å². The van der Waals surface area contributed by atoms with Gasteiger partial charge in [-0.25, -0.2) is 4.98 Å². The van der Waals surface area contributed by atoms with E-state index in [1.165, 1.54) is 10.8 Å². The first-order chi connectivity index (χ1) is 6.92. The predicted octanol–water partition coefficient (Wildman–Crippen LogP) is 3.08. The average molecular weight is 220 g/mol. The van der Waals surface area contributed by atoms with E-state index in [4.69, 9.17) is 0 Å². The fourth-order valence-corrected chi connectivity index (χ4v) is 2.00. The molecule has 2 rings (SSSR count). The lowest BCUT2D eigenvalue weighted by atomic mass is 10.2. The Hall–Kier alpha value is -1.00. The first-order valence-electron chi connectivity index (χ1n) is 4.09. The number of nitrogens with zero attached hydrogens (tertiary/aromatic N) is 2. The van der Waals surface area contributed by atoms with Crippen LogP contribution in [0.4, 0.5) is 0 Å². The van der Waals surface area contributed by atoms with Crippen molar-refractivity contribution in [3.05, 3.63) is 42.7 Å². The van der Waals surface area contributed by atoms with Gasteiger partial charge < -0.3 is 0 Å². The van der Waals surface area contributed by atoms with Gasteiger partial charge in [-0.2, -0.15) is 0 Å². The molecule has 0 spiro atoms. The highest BCUT2D eigenvalue weighted by molar-refractivity contribution is 8.68. The fraction of sp³-hybridized carbons (Fsp3) is 0. The molecule has 0 radical (unpaired) electrons. The summed E-state index contributed by atoms with van der Waals surface area (Å²) in [7, 11) is 1.33. The summed E-state index contributed by atoms with van der Waals surface area (Å²) in [6.07, 6.45) is 3.53. The second-order valence-electron chi connectivity index (χ2n) is 2.66. The quantitative estimate of drug-likeness (QED) is 0.622. The van der Waals surface area contributed by atoms with Crippen LogP contribution in [-0.2, 0) is 0 Å². The van der Waals surface area contributed by atoms with E-state index in [0.717, 1.165) is 16.3 Å². The van der Waals surface area contributed by atoms with E-state index in [2.05, 4.69) is 21.6 Å². The van der Waals surface area contributed by atoms with Crippen molar-refractivity contribution in [2.45, 2.75) is 5.03 Å². The molecule has 0 saturated carbocycles. The maximum atomic E-state index is 4.27. The first kappa shape index (κ1) is 9.55. The monoisotopic (exact) mass is 220 g/mol. The molecular weight excluding hydrogens is 212 g/mol. The second kappa shape index (κ2) is 4.48. The summed E-state index contributed by atoms with van der Waals surface area (Å²) >= 11 is 4.16. The van der Waals surface area contributed by atoms with Crippen molar-refractivity contribution >= 4 is 22.5 Å². The van der Waals surface area contributed by atoms with Gasteiger partial charge in [0.2, 0.25) is 0 Å². The van der Waals surface area contributed by atoms with Crippen molar-refractivity contribution in [1.82, 2.24) is 9.97 Å². The molecule has 0 atom stereocenters. The molecular formula is C10H8N2S2. The number of hydrogen-bond acceptors (Lipinski definition) is 4. The van der Waals surface area contributed by atoms with Crippen LogP contribution < -0.4 is 0 Å². The Morgan fingerprint density at radius 2 is 1.86 bits per heavy atom. The molecule has 70 valence electrons. The topological polar surface area (TPSA) is 25.8 Å². The van der Waals surface area contributed by atoms with Gasteiger partial charge >= 0.3 is 0 Å². The van der Waals surface area contributed by atoms with E-state index in [-0.39, 0.29) is 0 Å². The molecule has 0 bridgehead atoms. The summed E-state index contributed by atoms with van der Waals surface area (Å²) in [6, 6.07) is 9.71. The lowest BCUT2D eigenvalue weighted by molar-refractivity contribution is 1.13. The maximum absolute atomic E-state index is 4.27. The fourth-order valence-electron chi connectivity index (χ4n) is 1.18. The highest BCUT2D eigenvalue weighted by atomic mass is 33.1. The summed E-state index contributed by atoms with van der Waals surface area (Å²) in [5, 5.41) is 0.884. The largest absolute Gasteiger partial charge is 0.256 e. The predicted molar refractivity (Wildman–Crippen MR) is 62.3 cm³/mol. The highest BCUT2D eigenvalue weighted by Crippen LogP contribution is 2.29. The zero-order chi connectivity index (χ0) is 9.80. The summed E-state index contributed by atoms with van der Waals surface area (Å²) in [4.78, 5) is 8.49. The maximum Gasteiger partial charge on any atom is 0.116 e. The van der Waals surface area contributed by atoms with Crippen LogP contribution in [0.2, 0.25) is 0 Å². The van der Waals surface area contributed by atoms with Gasteiger partial charge in [0.25, 0.3) is 0 Å². The third-order valence-corrected chi connectivity index (χ3v) is 2.82. The smallest absolute Gasteiger partial charge is 0.116 e. The van der Waals surface area contributed by atoms with Crippen LogP contribution in [0, 0.1) is 0 Å². The van der Waals surface area contributed by atoms with Gasteiger partial charge in [0.15, 0.2) is 0 Å². The zero-order valence-electron chi connectivity index (χ0n) is 7.29. The van der Waals surface area contributed by atoms with Crippen molar-refractivity contribution in [3.63, 3.8) is 0 Å². The normalized spacial score (nSPS) is 10.1. The number of rotatable bonds is 2. The molecule has 0 aliphatic carbocycles. The van der Waals surface area contributed by atoms with Gasteiger partial charge in [-0.3, -0.25) is 4.98 Å². The summed E-state index contributed by atoms with van der Waals surface area (Å²) < 4.78 is 0. The standard InChI is InChI=1S/C10H8N2S2/c13-14-10-8(4-3-7-12-10)9-5-1-2-6-11-9/h1-7,13H. The molecule has 14 heavy (non-hydrogen) atoms. The van der Waals surface area contributed by atoms with Crippen molar-refractivity contribution < 1.29 is 0 Å². The summed E-state index contributed by atoms with van der Waals surface area (Å²) in [5.74, 6) is 0. The van der Waals surface area contributed by atoms with Crippen molar-refractivity contribution in [3.8, 4) is 11.3 Å². The minimum atomic E-state index is 0.884. The van der Waals surface area contributed by atoms with Crippen LogP contribution in [0.25, 0.3) is 11.3 Å². The second-order valence-corrected chi connectivity index (χ2v) is 3.78. The van der Waals surface area contributed by atoms with E-state index in [9.17, 15) is 0 Å². The van der Waals surface area contributed by atoms with E-state index in [0.29, 0.717) is 0 Å². The van der Waals surface area contributed by atoms with Crippen LogP contribution in [0.5, 0.6) is 0 Å². The number of hydrogen-bond donors (Lipinski definition) is 1. The number of thiol groups is 1. The molecule has 0 fully saturated rings. The van der Waals surface area contributed by atoms with Crippen LogP contribution in [-0.4, -0.2) is 9.97 Å². The molecule has 2 nitrogen and oxygen atoms in total. The molecule has 0 aliphatic heterocycles. The Bertz CT molecular complexity index is 417. The molecule has 2 heterocycles. The molecule has 2 aromatic rings. The Morgan fingerprint density at radius 1 is 1.00 bits per heavy atom. The summed E-state index contributed by atoms with van der Waals surface area (Å²) in [6.45, 7) is 0. The van der Waals surface area contributed by atoms with E-state index in [1.807, 2.05) is 30.3 Å². The third-order valence-electron chi connectivity index (χ3n) is 1.80. The van der Waals surface area contributed by atoms with E-state index < -0.39 is 0 Å². The number of pyridine rings is 2. The van der Waals surface area contributed by atoms with E-state index >= 15 is 0 Å². The van der Waals surface area contributed by atoms with Gasteiger partial charge in [-0.05, 0) is 35.1 Å². The average Bonchev–Trinajstić information content (AvgIpc) is 2.30. The third kappa shape index (κ3) is 1.91. The Labute approximate surface area is 91.6 Å². The molecule has 0 unspecified atom stereocenters. The molecule has 4 heteroatoms. The van der Waals surface area contributed by atoms with E-state index in [1.54, 1.807) is 12.4 Å². The lowest BCUT2D eigenvalue weighted by Crippen LogP contribution is -1.86. The molecule has 0 aromatic carbocycles. The van der Waals surface area contributed by atoms with Gasteiger partial charge in [-0.15, -0.1) is 11.7 Å². The molecule has 0 N–H and O–H groups in total. The Morgan fingerprint density at radius 3 is 2.57 bits per heavy atom. The molecule has 0 aliphatic rings. The summed E-state index contributed by atoms with van der Waals surface area (Å²) in [5.41, 5.74) is 1.95. The molecule has 0 saturated heterocycles. The van der Waals surface area contributed by atoms with Gasteiger partial charge in [0.05, 0.1) is 5.69 Å². The first-order valence-corrected chi connectivity index (χ1v) is 5.96. The van der Waals surface area contributed by atoms with Crippen LogP contribution >= 0.6 is 22.5 Å². The van der Waals surface area contributed by atoms with Crippen molar-refractivity contribution in [2.75, 3.05) is 0 Å². The molecule has 2 aromatic heterocycles. The highest BCUT2D eigenvalue weighted by Gasteiger charge is 2.04. The number of aromatic nitrogens is 2. The molecule has 0 amide bonds. The van der Waals surface area contributed by atoms with Gasteiger partial charge in [0.1, 0.15) is 5.03 Å². The van der Waals surface area contributed by atoms with Crippen LogP contribution in [0.3, 0.4) is 0 Å². The Kier molecular flexibility index (Phi) is 3.06.